The predicted octanol–water partition coefficient (Wildman–Crippen LogP) is 4.25. The van der Waals surface area contributed by atoms with Crippen molar-refractivity contribution in [2.24, 2.45) is 5.16 Å². The highest BCUT2D eigenvalue weighted by Gasteiger charge is 2.21. The molecule has 0 N–H and O–H groups in total. The van der Waals surface area contributed by atoms with Crippen LogP contribution < -0.4 is 4.84 Å². The molecule has 0 aliphatic carbocycles. The van der Waals surface area contributed by atoms with Crippen LogP contribution in [0.25, 0.3) is 0 Å². The van der Waals surface area contributed by atoms with Gasteiger partial charge in [-0.15, -0.1) is 6.58 Å². The van der Waals surface area contributed by atoms with Gasteiger partial charge >= 0.3 is 5.69 Å². The van der Waals surface area contributed by atoms with Crippen LogP contribution in [0.1, 0.15) is 18.4 Å². The van der Waals surface area contributed by atoms with Crippen LogP contribution in [-0.2, 0) is 0 Å². The Morgan fingerprint density at radius 1 is 1.12 bits per heavy atom. The number of benzene rings is 2. The predicted molar refractivity (Wildman–Crippen MR) is 92.8 cm³/mol. The summed E-state index contributed by atoms with van der Waals surface area (Å²) in [7, 11) is 0. The Bertz CT molecular complexity index is 818. The van der Waals surface area contributed by atoms with Crippen molar-refractivity contribution in [1.29, 1.82) is 0 Å². The number of rotatable bonds is 8. The number of hydrogen-bond donors (Lipinski definition) is 0. The molecular formula is C17H15N3O5. The topological polar surface area (TPSA) is 108 Å². The van der Waals surface area contributed by atoms with Gasteiger partial charge in [0.2, 0.25) is 5.75 Å². The summed E-state index contributed by atoms with van der Waals surface area (Å²) in [5, 5.41) is 25.9. The number of non-ortho nitro benzene ring substituents is 1. The third-order valence-corrected chi connectivity index (χ3v) is 3.30. The highest BCUT2D eigenvalue weighted by atomic mass is 16.7. The number of oxime groups is 1. The molecule has 0 spiro atoms. The van der Waals surface area contributed by atoms with Crippen LogP contribution in [0.5, 0.6) is 5.75 Å². The largest absolute Gasteiger partial charge is 0.349 e. The number of nitrogens with zero attached hydrogens (tertiary/aromatic N) is 3. The lowest BCUT2D eigenvalue weighted by atomic mass is 10.1. The minimum atomic E-state index is -0.746. The van der Waals surface area contributed by atoms with Gasteiger partial charge in [-0.25, -0.2) is 0 Å². The Hall–Kier alpha value is -3.55. The first-order valence-corrected chi connectivity index (χ1v) is 7.36. The quantitative estimate of drug-likeness (QED) is 0.308. The van der Waals surface area contributed by atoms with E-state index in [9.17, 15) is 20.2 Å². The van der Waals surface area contributed by atoms with Crippen LogP contribution in [0.2, 0.25) is 0 Å². The van der Waals surface area contributed by atoms with E-state index in [4.69, 9.17) is 4.84 Å². The van der Waals surface area contributed by atoms with Crippen LogP contribution in [0, 0.1) is 20.2 Å². The zero-order valence-electron chi connectivity index (χ0n) is 13.2. The molecule has 0 heterocycles. The lowest BCUT2D eigenvalue weighted by molar-refractivity contribution is -0.394. The maximum Gasteiger partial charge on any atom is 0.321 e. The van der Waals surface area contributed by atoms with Gasteiger partial charge in [0, 0.05) is 6.07 Å². The molecule has 2 rings (SSSR count). The van der Waals surface area contributed by atoms with E-state index in [1.54, 1.807) is 6.08 Å². The molecule has 0 saturated heterocycles. The van der Waals surface area contributed by atoms with Gasteiger partial charge in [-0.3, -0.25) is 20.2 Å². The lowest BCUT2D eigenvalue weighted by Gasteiger charge is -2.06. The zero-order valence-corrected chi connectivity index (χ0v) is 13.2. The molecule has 0 unspecified atom stereocenters. The molecule has 0 aliphatic heterocycles. The molecule has 2 aromatic rings. The van der Waals surface area contributed by atoms with E-state index in [2.05, 4.69) is 11.7 Å². The molecule has 0 saturated carbocycles. The number of nitro benzene ring substituents is 2. The Morgan fingerprint density at radius 2 is 1.84 bits per heavy atom. The molecule has 0 radical (unpaired) electrons. The second-order valence-corrected chi connectivity index (χ2v) is 4.99. The standard InChI is InChI=1S/C17H15N3O5/c1-2-3-9-15(13-7-5-4-6-8-13)18-25-17-11-10-14(19(21)22)12-16(17)20(23)24/h2,4-8,10-12H,1,3,9H2/b18-15+. The number of hydrogen-bond acceptors (Lipinski definition) is 6. The van der Waals surface area contributed by atoms with E-state index >= 15 is 0 Å². The van der Waals surface area contributed by atoms with Gasteiger partial charge in [0.1, 0.15) is 0 Å². The third kappa shape index (κ3) is 4.71. The van der Waals surface area contributed by atoms with Crippen molar-refractivity contribution >= 4 is 17.1 Å². The molecule has 8 heteroatoms. The summed E-state index contributed by atoms with van der Waals surface area (Å²) in [5.41, 5.74) is 0.495. The maximum atomic E-state index is 11.1. The average molecular weight is 341 g/mol. The van der Waals surface area contributed by atoms with Crippen molar-refractivity contribution in [3.05, 3.63) is 87.0 Å². The molecule has 0 amide bonds. The van der Waals surface area contributed by atoms with Gasteiger partial charge in [0.05, 0.1) is 21.6 Å². The fraction of sp³-hybridized carbons (Fsp3) is 0.118. The molecule has 8 nitrogen and oxygen atoms in total. The minimum absolute atomic E-state index is 0.164. The van der Waals surface area contributed by atoms with Crippen LogP contribution in [-0.4, -0.2) is 15.6 Å². The van der Waals surface area contributed by atoms with E-state index in [1.165, 1.54) is 0 Å². The first-order chi connectivity index (χ1) is 12.0. The van der Waals surface area contributed by atoms with Gasteiger partial charge in [0.25, 0.3) is 5.69 Å². The Balaban J connectivity index is 2.35. The first-order valence-electron chi connectivity index (χ1n) is 7.36. The SMILES string of the molecule is C=CCC/C(=N\Oc1ccc([N+](=O)[O-])cc1[N+](=O)[O-])c1ccccc1. The van der Waals surface area contributed by atoms with Gasteiger partial charge < -0.3 is 4.84 Å². The number of allylic oxidation sites excluding steroid dienone is 1. The molecule has 128 valence electrons. The summed E-state index contributed by atoms with van der Waals surface area (Å²) in [4.78, 5) is 25.7. The Morgan fingerprint density at radius 3 is 2.44 bits per heavy atom. The van der Waals surface area contributed by atoms with Gasteiger partial charge in [-0.2, -0.15) is 0 Å². The van der Waals surface area contributed by atoms with Gasteiger partial charge in [-0.1, -0.05) is 41.6 Å². The Labute approximate surface area is 143 Å². The molecular weight excluding hydrogens is 326 g/mol. The fourth-order valence-corrected chi connectivity index (χ4v) is 2.06. The summed E-state index contributed by atoms with van der Waals surface area (Å²) in [6.45, 7) is 3.66. The first kappa shape index (κ1) is 17.8. The van der Waals surface area contributed by atoms with Crippen molar-refractivity contribution in [1.82, 2.24) is 0 Å². The third-order valence-electron chi connectivity index (χ3n) is 3.30. The van der Waals surface area contributed by atoms with Crippen molar-refractivity contribution < 1.29 is 14.7 Å². The Kier molecular flexibility index (Phi) is 5.94. The second-order valence-electron chi connectivity index (χ2n) is 4.99. The van der Waals surface area contributed by atoms with Crippen molar-refractivity contribution in [3.8, 4) is 5.75 Å². The van der Waals surface area contributed by atoms with E-state index in [-0.39, 0.29) is 5.75 Å². The minimum Gasteiger partial charge on any atom is -0.349 e. The summed E-state index contributed by atoms with van der Waals surface area (Å²) in [6.07, 6.45) is 2.92. The maximum absolute atomic E-state index is 11.1. The monoisotopic (exact) mass is 341 g/mol. The van der Waals surface area contributed by atoms with Crippen molar-refractivity contribution in [3.63, 3.8) is 0 Å². The van der Waals surface area contributed by atoms with E-state index in [1.807, 2.05) is 30.3 Å². The van der Waals surface area contributed by atoms with E-state index in [0.29, 0.717) is 18.6 Å². The zero-order chi connectivity index (χ0) is 18.2. The normalized spacial score (nSPS) is 11.0. The summed E-state index contributed by atoms with van der Waals surface area (Å²) in [5.74, 6) is -0.164. The smallest absolute Gasteiger partial charge is 0.321 e. The molecule has 0 atom stereocenters. The van der Waals surface area contributed by atoms with Crippen LogP contribution in [0.4, 0.5) is 11.4 Å². The molecule has 25 heavy (non-hydrogen) atoms. The van der Waals surface area contributed by atoms with Crippen molar-refractivity contribution in [2.75, 3.05) is 0 Å². The van der Waals surface area contributed by atoms with Gasteiger partial charge in [-0.05, 0) is 24.5 Å². The van der Waals surface area contributed by atoms with E-state index < -0.39 is 21.2 Å². The molecule has 2 aromatic carbocycles. The molecule has 0 aliphatic rings. The number of nitro groups is 2. The summed E-state index contributed by atoms with van der Waals surface area (Å²) < 4.78 is 0. The molecule has 0 fully saturated rings. The van der Waals surface area contributed by atoms with Crippen LogP contribution >= 0.6 is 0 Å². The molecule has 0 bridgehead atoms. The summed E-state index contributed by atoms with van der Waals surface area (Å²) >= 11 is 0. The second kappa shape index (κ2) is 8.34. The highest BCUT2D eigenvalue weighted by Crippen LogP contribution is 2.31. The van der Waals surface area contributed by atoms with Gasteiger partial charge in [0.15, 0.2) is 0 Å². The van der Waals surface area contributed by atoms with Crippen LogP contribution in [0.15, 0.2) is 66.3 Å². The van der Waals surface area contributed by atoms with Crippen molar-refractivity contribution in [2.45, 2.75) is 12.8 Å². The van der Waals surface area contributed by atoms with E-state index in [0.717, 1.165) is 23.8 Å². The highest BCUT2D eigenvalue weighted by molar-refractivity contribution is 6.00. The van der Waals surface area contributed by atoms with Crippen LogP contribution in [0.3, 0.4) is 0 Å². The average Bonchev–Trinajstić information content (AvgIpc) is 2.62. The molecule has 0 aromatic heterocycles. The fourth-order valence-electron chi connectivity index (χ4n) is 2.06. The lowest BCUT2D eigenvalue weighted by Crippen LogP contribution is -2.04. The summed E-state index contributed by atoms with van der Waals surface area (Å²) in [6, 6.07) is 12.4.